The van der Waals surface area contributed by atoms with Crippen LogP contribution in [0.3, 0.4) is 0 Å². The number of sulfonamides is 1. The average Bonchev–Trinajstić information content (AvgIpc) is 3.66. The molecule has 172 valence electrons. The molecular weight excluding hydrogens is 424 g/mol. The van der Waals surface area contributed by atoms with Crippen molar-refractivity contribution in [1.29, 1.82) is 0 Å². The third kappa shape index (κ3) is 3.08. The monoisotopic (exact) mass is 456 g/mol. The van der Waals surface area contributed by atoms with Gasteiger partial charge >= 0.3 is 0 Å². The van der Waals surface area contributed by atoms with Gasteiger partial charge in [-0.2, -0.15) is 0 Å². The van der Waals surface area contributed by atoms with Crippen LogP contribution in [0.4, 0.5) is 5.95 Å². The summed E-state index contributed by atoms with van der Waals surface area (Å²) in [6, 6.07) is 1.97. The van der Waals surface area contributed by atoms with Gasteiger partial charge in [-0.3, -0.25) is 9.12 Å². The molecule has 32 heavy (non-hydrogen) atoms. The number of ether oxygens (including phenoxy) is 1. The second-order valence-electron chi connectivity index (χ2n) is 11.9. The van der Waals surface area contributed by atoms with E-state index in [1.807, 2.05) is 12.3 Å². The molecule has 2 heterocycles. The molecule has 0 saturated heterocycles. The Morgan fingerprint density at radius 1 is 1.09 bits per heavy atom. The van der Waals surface area contributed by atoms with Crippen molar-refractivity contribution in [2.75, 3.05) is 11.3 Å². The quantitative estimate of drug-likeness (QED) is 0.663. The fourth-order valence-electron chi connectivity index (χ4n) is 7.21. The van der Waals surface area contributed by atoms with Crippen molar-refractivity contribution in [2.24, 2.45) is 23.2 Å². The van der Waals surface area contributed by atoms with Crippen molar-refractivity contribution in [3.63, 3.8) is 0 Å². The maximum atomic E-state index is 12.7. The van der Waals surface area contributed by atoms with Crippen LogP contribution < -0.4 is 9.46 Å². The fourth-order valence-corrected chi connectivity index (χ4v) is 8.48. The van der Waals surface area contributed by atoms with E-state index in [1.165, 1.54) is 44.1 Å². The summed E-state index contributed by atoms with van der Waals surface area (Å²) in [6.45, 7) is 2.59. The lowest BCUT2D eigenvalue weighted by molar-refractivity contribution is -0.0746. The lowest BCUT2D eigenvalue weighted by atomic mass is 9.50. The lowest BCUT2D eigenvalue weighted by Gasteiger charge is -2.56. The van der Waals surface area contributed by atoms with Crippen LogP contribution in [0.15, 0.2) is 12.3 Å². The Labute approximate surface area is 189 Å². The van der Waals surface area contributed by atoms with Gasteiger partial charge in [0.05, 0.1) is 11.4 Å². The third-order valence-electron chi connectivity index (χ3n) is 9.08. The van der Waals surface area contributed by atoms with E-state index in [4.69, 9.17) is 4.74 Å². The summed E-state index contributed by atoms with van der Waals surface area (Å²) in [7, 11) is -3.47. The number of fused-ring (bicyclic) bond motifs is 1. The normalized spacial score (nSPS) is 34.7. The molecule has 1 N–H and O–H groups in total. The smallest absolute Gasteiger partial charge is 0.242 e. The molecule has 0 aliphatic heterocycles. The molecular formula is C24H32N4O3S. The zero-order valence-electron chi connectivity index (χ0n) is 18.7. The zero-order chi connectivity index (χ0) is 21.7. The molecule has 0 spiro atoms. The van der Waals surface area contributed by atoms with Crippen molar-refractivity contribution in [3.05, 3.63) is 17.8 Å². The van der Waals surface area contributed by atoms with E-state index in [9.17, 15) is 8.42 Å². The summed E-state index contributed by atoms with van der Waals surface area (Å²) in [5.74, 6) is 4.43. The first-order chi connectivity index (χ1) is 15.3. The SMILES string of the molecule is CC1(S(=O)(=O)Nc2nnc3cc(OCC45CC6CC(CC(C6)C4)C5)c(C4CC4)cn23)CC1. The van der Waals surface area contributed by atoms with Gasteiger partial charge < -0.3 is 4.74 Å². The van der Waals surface area contributed by atoms with Crippen molar-refractivity contribution >= 4 is 21.6 Å². The van der Waals surface area contributed by atoms with Gasteiger partial charge in [0.2, 0.25) is 16.0 Å². The predicted octanol–water partition coefficient (Wildman–Crippen LogP) is 4.50. The first-order valence-electron chi connectivity index (χ1n) is 12.4. The van der Waals surface area contributed by atoms with Gasteiger partial charge in [0.15, 0.2) is 5.65 Å². The minimum absolute atomic E-state index is 0.280. The molecule has 7 nitrogen and oxygen atoms in total. The van der Waals surface area contributed by atoms with E-state index in [0.717, 1.165) is 43.0 Å². The van der Waals surface area contributed by atoms with E-state index in [-0.39, 0.29) is 5.95 Å². The van der Waals surface area contributed by atoms with Crippen LogP contribution in [0.5, 0.6) is 5.75 Å². The van der Waals surface area contributed by atoms with E-state index >= 15 is 0 Å². The van der Waals surface area contributed by atoms with Crippen LogP contribution in [-0.4, -0.2) is 34.4 Å². The minimum atomic E-state index is -3.47. The van der Waals surface area contributed by atoms with E-state index < -0.39 is 14.8 Å². The van der Waals surface area contributed by atoms with E-state index in [1.54, 1.807) is 11.3 Å². The summed E-state index contributed by atoms with van der Waals surface area (Å²) in [6.07, 6.45) is 14.0. The van der Waals surface area contributed by atoms with Crippen molar-refractivity contribution in [3.8, 4) is 5.75 Å². The van der Waals surface area contributed by atoms with Crippen LogP contribution >= 0.6 is 0 Å². The van der Waals surface area contributed by atoms with Crippen molar-refractivity contribution < 1.29 is 13.2 Å². The number of aromatic nitrogens is 3. The molecule has 0 aromatic carbocycles. The van der Waals surface area contributed by atoms with Gasteiger partial charge in [-0.15, -0.1) is 10.2 Å². The Bertz CT molecular complexity index is 1160. The molecule has 0 radical (unpaired) electrons. The second-order valence-corrected chi connectivity index (χ2v) is 14.1. The number of nitrogens with one attached hydrogen (secondary N) is 1. The third-order valence-corrected chi connectivity index (χ3v) is 11.2. The highest BCUT2D eigenvalue weighted by Crippen LogP contribution is 2.60. The van der Waals surface area contributed by atoms with Gasteiger partial charge in [0, 0.05) is 23.2 Å². The molecule has 8 rings (SSSR count). The number of pyridine rings is 1. The van der Waals surface area contributed by atoms with E-state index in [2.05, 4.69) is 14.9 Å². The molecule has 6 aliphatic carbocycles. The highest BCUT2D eigenvalue weighted by atomic mass is 32.2. The van der Waals surface area contributed by atoms with Crippen molar-refractivity contribution in [2.45, 2.75) is 81.8 Å². The summed E-state index contributed by atoms with van der Waals surface area (Å²) >= 11 is 0. The molecule has 0 atom stereocenters. The van der Waals surface area contributed by atoms with Crippen LogP contribution in [0.2, 0.25) is 0 Å². The fraction of sp³-hybridized carbons (Fsp3) is 0.750. The first kappa shape index (κ1) is 19.6. The van der Waals surface area contributed by atoms with Gasteiger partial charge in [-0.05, 0) is 94.8 Å². The van der Waals surface area contributed by atoms with Gasteiger partial charge in [-0.1, -0.05) is 0 Å². The zero-order valence-corrected chi connectivity index (χ0v) is 19.5. The summed E-state index contributed by atoms with van der Waals surface area (Å²) < 4.78 is 35.8. The Morgan fingerprint density at radius 2 is 1.75 bits per heavy atom. The number of hydrogen-bond donors (Lipinski definition) is 1. The molecule has 6 fully saturated rings. The number of rotatable bonds is 7. The minimum Gasteiger partial charge on any atom is -0.493 e. The Kier molecular flexibility index (Phi) is 3.92. The number of hydrogen-bond acceptors (Lipinski definition) is 5. The second kappa shape index (κ2) is 6.39. The van der Waals surface area contributed by atoms with E-state index in [0.29, 0.717) is 29.8 Å². The van der Waals surface area contributed by atoms with Crippen LogP contribution in [0.25, 0.3) is 5.65 Å². The average molecular weight is 457 g/mol. The molecule has 2 aromatic heterocycles. The number of anilines is 1. The topological polar surface area (TPSA) is 85.6 Å². The highest BCUT2D eigenvalue weighted by Gasteiger charge is 2.52. The Hall–Kier alpha value is -1.83. The maximum absolute atomic E-state index is 12.7. The molecule has 6 aliphatic rings. The Morgan fingerprint density at radius 3 is 2.34 bits per heavy atom. The standard InChI is InChI=1S/C24H32N4O3S/c1-23(4-5-23)32(29,30)27-22-26-25-21-9-20(19(13-28(21)22)18-2-3-18)31-14-24-10-15-6-16(11-24)8-17(7-15)12-24/h9,13,15-18H,2-8,10-12,14H2,1H3,(H,26,27). The largest absolute Gasteiger partial charge is 0.493 e. The van der Waals surface area contributed by atoms with Gasteiger partial charge in [-0.25, -0.2) is 8.42 Å². The first-order valence-corrected chi connectivity index (χ1v) is 13.8. The molecule has 8 heteroatoms. The molecule has 0 amide bonds. The van der Waals surface area contributed by atoms with Gasteiger partial charge in [0.25, 0.3) is 0 Å². The summed E-state index contributed by atoms with van der Waals surface area (Å²) in [4.78, 5) is 0. The predicted molar refractivity (Wildman–Crippen MR) is 121 cm³/mol. The summed E-state index contributed by atoms with van der Waals surface area (Å²) in [5.41, 5.74) is 2.16. The molecule has 4 bridgehead atoms. The molecule has 0 unspecified atom stereocenters. The van der Waals surface area contributed by atoms with Crippen LogP contribution in [0.1, 0.15) is 82.6 Å². The molecule has 6 saturated carbocycles. The van der Waals surface area contributed by atoms with Crippen LogP contribution in [-0.2, 0) is 10.0 Å². The molecule has 2 aromatic rings. The summed E-state index contributed by atoms with van der Waals surface area (Å²) in [5, 5.41) is 8.43. The Balaban J connectivity index is 1.18. The number of nitrogens with zero attached hydrogens (tertiary/aromatic N) is 3. The van der Waals surface area contributed by atoms with Gasteiger partial charge in [0.1, 0.15) is 5.75 Å². The maximum Gasteiger partial charge on any atom is 0.242 e. The van der Waals surface area contributed by atoms with Crippen molar-refractivity contribution in [1.82, 2.24) is 14.6 Å². The highest BCUT2D eigenvalue weighted by molar-refractivity contribution is 7.94. The van der Waals surface area contributed by atoms with Crippen LogP contribution in [0, 0.1) is 23.2 Å². The lowest BCUT2D eigenvalue weighted by Crippen LogP contribution is -2.48.